The predicted molar refractivity (Wildman–Crippen MR) is 95.3 cm³/mol. The van der Waals surface area contributed by atoms with Crippen LogP contribution in [0.5, 0.6) is 11.5 Å². The van der Waals surface area contributed by atoms with E-state index in [0.717, 1.165) is 9.79 Å². The fraction of sp³-hybridized carbons (Fsp3) is 0.368. The summed E-state index contributed by atoms with van der Waals surface area (Å²) < 4.78 is 62.3. The number of alkyl halides is 4. The summed E-state index contributed by atoms with van der Waals surface area (Å²) in [7, 11) is 0. The largest absolute Gasteiger partial charge is 0.487 e. The summed E-state index contributed by atoms with van der Waals surface area (Å²) in [6.45, 7) is -1.42. The molecule has 0 atom stereocenters. The van der Waals surface area contributed by atoms with E-state index in [1.807, 2.05) is 0 Å². The van der Waals surface area contributed by atoms with Crippen LogP contribution in [0, 0.1) is 0 Å². The van der Waals surface area contributed by atoms with Crippen LogP contribution in [-0.4, -0.2) is 36.8 Å². The van der Waals surface area contributed by atoms with E-state index < -0.39 is 31.7 Å². The fourth-order valence-corrected chi connectivity index (χ4v) is 2.69. The number of benzene rings is 2. The van der Waals surface area contributed by atoms with Gasteiger partial charge in [0.15, 0.2) is 13.2 Å². The van der Waals surface area contributed by atoms with Crippen molar-refractivity contribution < 1.29 is 32.1 Å². The molecule has 27 heavy (non-hydrogen) atoms. The van der Waals surface area contributed by atoms with E-state index in [4.69, 9.17) is 14.6 Å². The first-order valence-electron chi connectivity index (χ1n) is 8.23. The van der Waals surface area contributed by atoms with Gasteiger partial charge in [-0.15, -0.1) is 0 Å². The summed E-state index contributed by atoms with van der Waals surface area (Å²) in [4.78, 5) is 1.72. The van der Waals surface area contributed by atoms with Crippen LogP contribution in [0.2, 0.25) is 0 Å². The van der Waals surface area contributed by atoms with Crippen molar-refractivity contribution in [3.8, 4) is 11.5 Å². The Morgan fingerprint density at radius 2 is 1.19 bits per heavy atom. The molecule has 1 N–H and O–H groups in total. The van der Waals surface area contributed by atoms with E-state index in [-0.39, 0.29) is 12.2 Å². The Bertz CT molecular complexity index is 644. The molecule has 2 aromatic rings. The molecular formula is C19H20F4O3S. The molecule has 0 amide bonds. The maximum absolute atomic E-state index is 13.2. The SMILES string of the molecule is CCC(F)(F)COc1ccc(Sc2ccc(OCC(F)(F)CO)cc2)cc1. The Morgan fingerprint density at radius 1 is 0.778 bits per heavy atom. The van der Waals surface area contributed by atoms with Gasteiger partial charge in [-0.25, -0.2) is 17.6 Å². The van der Waals surface area contributed by atoms with Crippen molar-refractivity contribution in [1.82, 2.24) is 0 Å². The molecule has 0 aliphatic heterocycles. The monoisotopic (exact) mass is 404 g/mol. The first-order chi connectivity index (χ1) is 12.7. The zero-order valence-electron chi connectivity index (χ0n) is 14.6. The first kappa shape index (κ1) is 21.4. The lowest BCUT2D eigenvalue weighted by Gasteiger charge is -2.15. The average Bonchev–Trinajstić information content (AvgIpc) is 2.67. The van der Waals surface area contributed by atoms with Crippen LogP contribution in [0.15, 0.2) is 58.3 Å². The topological polar surface area (TPSA) is 38.7 Å². The van der Waals surface area contributed by atoms with Gasteiger partial charge in [-0.3, -0.25) is 0 Å². The number of aliphatic hydroxyl groups excluding tert-OH is 1. The fourth-order valence-electron chi connectivity index (χ4n) is 1.87. The van der Waals surface area contributed by atoms with E-state index in [1.165, 1.54) is 18.7 Å². The van der Waals surface area contributed by atoms with Crippen molar-refractivity contribution in [2.45, 2.75) is 35.0 Å². The highest BCUT2D eigenvalue weighted by Crippen LogP contribution is 2.31. The molecule has 3 nitrogen and oxygen atoms in total. The summed E-state index contributed by atoms with van der Waals surface area (Å²) in [5, 5.41) is 8.51. The van der Waals surface area contributed by atoms with E-state index >= 15 is 0 Å². The summed E-state index contributed by atoms with van der Waals surface area (Å²) in [6, 6.07) is 13.3. The van der Waals surface area contributed by atoms with Crippen LogP contribution in [0.25, 0.3) is 0 Å². The van der Waals surface area contributed by atoms with Crippen molar-refractivity contribution >= 4 is 11.8 Å². The highest BCUT2D eigenvalue weighted by molar-refractivity contribution is 7.99. The van der Waals surface area contributed by atoms with Crippen LogP contribution in [0.1, 0.15) is 13.3 Å². The normalized spacial score (nSPS) is 12.1. The molecule has 148 valence electrons. The maximum Gasteiger partial charge on any atom is 0.303 e. The number of hydrogen-bond acceptors (Lipinski definition) is 4. The Hall–Kier alpha value is -1.93. The number of rotatable bonds is 10. The van der Waals surface area contributed by atoms with Crippen molar-refractivity contribution in [1.29, 1.82) is 0 Å². The molecule has 0 saturated heterocycles. The minimum atomic E-state index is -3.28. The lowest BCUT2D eigenvalue weighted by atomic mass is 10.3. The Morgan fingerprint density at radius 3 is 1.56 bits per heavy atom. The summed E-state index contributed by atoms with van der Waals surface area (Å²) in [5.74, 6) is -5.49. The third-order valence-electron chi connectivity index (χ3n) is 3.53. The molecule has 0 saturated carbocycles. The molecular weight excluding hydrogens is 384 g/mol. The van der Waals surface area contributed by atoms with Crippen LogP contribution in [0.4, 0.5) is 17.6 Å². The molecule has 2 rings (SSSR count). The van der Waals surface area contributed by atoms with Crippen LogP contribution in [0.3, 0.4) is 0 Å². The molecule has 0 bridgehead atoms. The van der Waals surface area contributed by atoms with Crippen LogP contribution in [-0.2, 0) is 0 Å². The van der Waals surface area contributed by atoms with Gasteiger partial charge in [-0.05, 0) is 48.5 Å². The quantitative estimate of drug-likeness (QED) is 0.548. The van der Waals surface area contributed by atoms with Gasteiger partial charge >= 0.3 is 5.92 Å². The lowest BCUT2D eigenvalue weighted by Crippen LogP contribution is -2.29. The summed E-state index contributed by atoms with van der Waals surface area (Å²) >= 11 is 1.41. The molecule has 0 aliphatic rings. The lowest BCUT2D eigenvalue weighted by molar-refractivity contribution is -0.0801. The number of halogens is 4. The van der Waals surface area contributed by atoms with Gasteiger partial charge in [0.2, 0.25) is 0 Å². The molecule has 0 unspecified atom stereocenters. The van der Waals surface area contributed by atoms with Crippen molar-refractivity contribution in [3.63, 3.8) is 0 Å². The van der Waals surface area contributed by atoms with Gasteiger partial charge < -0.3 is 14.6 Å². The number of ether oxygens (including phenoxy) is 2. The zero-order chi connectivity index (χ0) is 19.9. The minimum Gasteiger partial charge on any atom is -0.487 e. The van der Waals surface area contributed by atoms with E-state index in [9.17, 15) is 17.6 Å². The second-order valence-electron chi connectivity index (χ2n) is 5.85. The molecule has 0 radical (unpaired) electrons. The first-order valence-corrected chi connectivity index (χ1v) is 9.05. The van der Waals surface area contributed by atoms with Gasteiger partial charge in [0.05, 0.1) is 0 Å². The third-order valence-corrected chi connectivity index (χ3v) is 4.55. The van der Waals surface area contributed by atoms with E-state index in [0.29, 0.717) is 5.75 Å². The van der Waals surface area contributed by atoms with Gasteiger partial charge in [-0.2, -0.15) is 0 Å². The van der Waals surface area contributed by atoms with Gasteiger partial charge in [0, 0.05) is 16.2 Å². The van der Waals surface area contributed by atoms with E-state index in [1.54, 1.807) is 48.5 Å². The molecule has 0 heterocycles. The summed E-state index contributed by atoms with van der Waals surface area (Å²) in [5.41, 5.74) is 0. The maximum atomic E-state index is 13.2. The predicted octanol–water partition coefficient (Wildman–Crippen LogP) is 5.27. The van der Waals surface area contributed by atoms with Crippen molar-refractivity contribution in [2.24, 2.45) is 0 Å². The molecule has 2 aromatic carbocycles. The summed E-state index contributed by atoms with van der Waals surface area (Å²) in [6.07, 6.45) is -0.279. The number of aliphatic hydroxyl groups is 1. The van der Waals surface area contributed by atoms with Gasteiger partial charge in [-0.1, -0.05) is 18.7 Å². The third kappa shape index (κ3) is 7.30. The van der Waals surface area contributed by atoms with Crippen molar-refractivity contribution in [2.75, 3.05) is 19.8 Å². The van der Waals surface area contributed by atoms with Crippen LogP contribution >= 0.6 is 11.8 Å². The van der Waals surface area contributed by atoms with Gasteiger partial charge in [0.1, 0.15) is 18.1 Å². The second kappa shape index (κ2) is 9.32. The molecule has 0 fully saturated rings. The number of hydrogen-bond donors (Lipinski definition) is 1. The standard InChI is InChI=1S/C19H20F4O3S/c1-2-18(20,21)12-25-14-3-7-16(8-4-14)27-17-9-5-15(6-10-17)26-13-19(22,23)11-24/h3-10,24H,2,11-13H2,1H3. The second-order valence-corrected chi connectivity index (χ2v) is 6.99. The Balaban J connectivity index is 1.88. The molecule has 0 spiro atoms. The average molecular weight is 404 g/mol. The molecule has 0 aliphatic carbocycles. The Labute approximate surface area is 159 Å². The van der Waals surface area contributed by atoms with E-state index in [2.05, 4.69) is 0 Å². The highest BCUT2D eigenvalue weighted by Gasteiger charge is 2.29. The molecule has 8 heteroatoms. The minimum absolute atomic E-state index is 0.271. The van der Waals surface area contributed by atoms with Crippen LogP contribution < -0.4 is 9.47 Å². The Kier molecular flexibility index (Phi) is 7.38. The zero-order valence-corrected chi connectivity index (χ0v) is 15.4. The van der Waals surface area contributed by atoms with Gasteiger partial charge in [0.25, 0.3) is 5.92 Å². The highest BCUT2D eigenvalue weighted by atomic mass is 32.2. The molecule has 0 aromatic heterocycles. The smallest absolute Gasteiger partial charge is 0.303 e. The van der Waals surface area contributed by atoms with Crippen molar-refractivity contribution in [3.05, 3.63) is 48.5 Å².